The highest BCUT2D eigenvalue weighted by molar-refractivity contribution is 5.11. The Labute approximate surface area is 174 Å². The fraction of sp³-hybridized carbons (Fsp3) is 1.00. The van der Waals surface area contributed by atoms with Crippen LogP contribution >= 0.6 is 0 Å². The van der Waals surface area contributed by atoms with Crippen molar-refractivity contribution in [2.24, 2.45) is 40.9 Å². The van der Waals surface area contributed by atoms with Crippen LogP contribution < -0.4 is 0 Å². The third-order valence-corrected chi connectivity index (χ3v) is 10.1. The summed E-state index contributed by atoms with van der Waals surface area (Å²) in [6, 6.07) is 0. The monoisotopic (exact) mass is 406 g/mol. The second-order valence-corrected chi connectivity index (χ2v) is 11.7. The van der Waals surface area contributed by atoms with Gasteiger partial charge in [0, 0.05) is 5.41 Å². The Morgan fingerprint density at radius 3 is 2.00 bits per heavy atom. The van der Waals surface area contributed by atoms with Crippen molar-refractivity contribution in [1.82, 2.24) is 0 Å². The summed E-state index contributed by atoms with van der Waals surface area (Å²) in [6.45, 7) is 6.95. The lowest BCUT2D eigenvalue weighted by atomic mass is 9.53. The minimum atomic E-state index is -1.28. The number of fused-ring (bicyclic) bond motifs is 3. The zero-order valence-corrected chi connectivity index (χ0v) is 18.1. The van der Waals surface area contributed by atoms with Crippen molar-refractivity contribution in [3.63, 3.8) is 0 Å². The molecule has 5 nitrogen and oxygen atoms in total. The Kier molecular flexibility index (Phi) is 4.47. The molecule has 6 rings (SSSR count). The maximum Gasteiger partial charge on any atom is 0.157 e. The molecule has 3 saturated heterocycles. The van der Waals surface area contributed by atoms with E-state index in [2.05, 4.69) is 20.8 Å². The fourth-order valence-electron chi connectivity index (χ4n) is 7.96. The van der Waals surface area contributed by atoms with Gasteiger partial charge in [-0.25, -0.2) is 0 Å². The number of hydrogen-bond acceptors (Lipinski definition) is 5. The lowest BCUT2D eigenvalue weighted by molar-refractivity contribution is -0.204. The maximum atomic E-state index is 10.9. The van der Waals surface area contributed by atoms with Gasteiger partial charge in [-0.2, -0.15) is 0 Å². The van der Waals surface area contributed by atoms with Crippen LogP contribution in [0, 0.1) is 40.9 Å². The van der Waals surface area contributed by atoms with Crippen molar-refractivity contribution in [3.8, 4) is 0 Å². The van der Waals surface area contributed by atoms with E-state index in [1.807, 2.05) is 0 Å². The number of epoxide rings is 3. The molecule has 5 heteroatoms. The van der Waals surface area contributed by atoms with Gasteiger partial charge in [0.25, 0.3) is 0 Å². The van der Waals surface area contributed by atoms with Crippen molar-refractivity contribution in [3.05, 3.63) is 0 Å². The van der Waals surface area contributed by atoms with Crippen LogP contribution in [0.5, 0.6) is 0 Å². The standard InChI is InChI=1S/C24H38O5/c1-11-4-17-19(27-17)8-14(11)7-16-22-21(29-22)6-13(3)24(16,23(25)26)10-15-9-20-18(28-20)5-12(15)2/h11-23,25-26H,4-10H2,1-3H3. The van der Waals surface area contributed by atoms with E-state index in [4.69, 9.17) is 14.2 Å². The first-order valence-electron chi connectivity index (χ1n) is 12.2. The molecule has 0 radical (unpaired) electrons. The molecule has 0 aromatic heterocycles. The van der Waals surface area contributed by atoms with Gasteiger partial charge in [-0.3, -0.25) is 0 Å². The van der Waals surface area contributed by atoms with E-state index in [-0.39, 0.29) is 17.9 Å². The highest BCUT2D eigenvalue weighted by atomic mass is 16.6. The third kappa shape index (κ3) is 3.14. The molecule has 6 aliphatic rings. The summed E-state index contributed by atoms with van der Waals surface area (Å²) < 4.78 is 17.8. The molecule has 3 aliphatic heterocycles. The topological polar surface area (TPSA) is 78.0 Å². The molecule has 6 fully saturated rings. The molecule has 0 aromatic rings. The zero-order chi connectivity index (χ0) is 20.1. The van der Waals surface area contributed by atoms with Crippen LogP contribution in [-0.2, 0) is 14.2 Å². The molecule has 0 bridgehead atoms. The molecule has 3 aliphatic carbocycles. The molecule has 164 valence electrons. The van der Waals surface area contributed by atoms with E-state index in [1.54, 1.807) is 0 Å². The average Bonchev–Trinajstić information content (AvgIpc) is 3.51. The third-order valence-electron chi connectivity index (χ3n) is 10.1. The van der Waals surface area contributed by atoms with Crippen LogP contribution in [0.1, 0.15) is 65.7 Å². The molecule has 29 heavy (non-hydrogen) atoms. The molecular formula is C24H38O5. The molecule has 2 N–H and O–H groups in total. The first kappa shape index (κ1) is 19.5. The first-order valence-corrected chi connectivity index (χ1v) is 12.2. The zero-order valence-electron chi connectivity index (χ0n) is 18.1. The van der Waals surface area contributed by atoms with E-state index in [0.29, 0.717) is 54.2 Å². The van der Waals surface area contributed by atoms with Crippen molar-refractivity contribution >= 4 is 0 Å². The van der Waals surface area contributed by atoms with Crippen molar-refractivity contribution in [1.29, 1.82) is 0 Å². The smallest absolute Gasteiger partial charge is 0.157 e. The van der Waals surface area contributed by atoms with E-state index in [9.17, 15) is 10.2 Å². The van der Waals surface area contributed by atoms with E-state index >= 15 is 0 Å². The van der Waals surface area contributed by atoms with E-state index in [0.717, 1.165) is 38.5 Å². The highest BCUT2D eigenvalue weighted by Crippen LogP contribution is 2.62. The SMILES string of the molecule is CC1CC2OC2CC1CC1C2OC2CC(C)C1(CC1CC2OC2CC1C)C(O)O. The summed E-state index contributed by atoms with van der Waals surface area (Å²) in [5.41, 5.74) is -0.459. The quantitative estimate of drug-likeness (QED) is 0.542. The number of hydrogen-bond donors (Lipinski definition) is 2. The molecule has 13 unspecified atom stereocenters. The molecule has 0 spiro atoms. The van der Waals surface area contributed by atoms with Gasteiger partial charge in [0.2, 0.25) is 0 Å². The Morgan fingerprint density at radius 2 is 1.34 bits per heavy atom. The number of aliphatic hydroxyl groups excluding tert-OH is 1. The normalized spacial score (nSPS) is 60.2. The van der Waals surface area contributed by atoms with Gasteiger partial charge in [0.05, 0.1) is 36.6 Å². The largest absolute Gasteiger partial charge is 0.370 e. The second-order valence-electron chi connectivity index (χ2n) is 11.7. The lowest BCUT2D eigenvalue weighted by Gasteiger charge is -2.52. The van der Waals surface area contributed by atoms with E-state index < -0.39 is 11.7 Å². The number of ether oxygens (including phenoxy) is 3. The van der Waals surface area contributed by atoms with Crippen molar-refractivity contribution in [2.45, 2.75) is 109 Å². The molecule has 3 heterocycles. The molecule has 3 saturated carbocycles. The minimum absolute atomic E-state index is 0.224. The number of aliphatic hydroxyl groups is 2. The predicted molar refractivity (Wildman–Crippen MR) is 107 cm³/mol. The van der Waals surface area contributed by atoms with Crippen LogP contribution in [0.25, 0.3) is 0 Å². The maximum absolute atomic E-state index is 10.9. The summed E-state index contributed by atoms with van der Waals surface area (Å²) in [7, 11) is 0. The lowest BCUT2D eigenvalue weighted by Crippen LogP contribution is -2.54. The molecule has 13 atom stereocenters. The Morgan fingerprint density at radius 1 is 0.759 bits per heavy atom. The van der Waals surface area contributed by atoms with Gasteiger partial charge >= 0.3 is 0 Å². The van der Waals surface area contributed by atoms with Crippen molar-refractivity contribution < 1.29 is 24.4 Å². The minimum Gasteiger partial charge on any atom is -0.370 e. The van der Waals surface area contributed by atoms with E-state index in [1.165, 1.54) is 6.42 Å². The first-order chi connectivity index (χ1) is 13.9. The fourth-order valence-corrected chi connectivity index (χ4v) is 7.96. The summed E-state index contributed by atoms with van der Waals surface area (Å²) >= 11 is 0. The van der Waals surface area contributed by atoms with Gasteiger partial charge in [0.15, 0.2) is 6.29 Å². The van der Waals surface area contributed by atoms with Crippen LogP contribution in [0.4, 0.5) is 0 Å². The van der Waals surface area contributed by atoms with Crippen LogP contribution in [0.15, 0.2) is 0 Å². The van der Waals surface area contributed by atoms with Gasteiger partial charge in [0.1, 0.15) is 0 Å². The van der Waals surface area contributed by atoms with Crippen LogP contribution in [0.3, 0.4) is 0 Å². The summed E-state index contributed by atoms with van der Waals surface area (Å²) in [4.78, 5) is 0. The van der Waals surface area contributed by atoms with Crippen LogP contribution in [-0.4, -0.2) is 53.1 Å². The molecule has 0 amide bonds. The summed E-state index contributed by atoms with van der Waals surface area (Å²) in [5.74, 6) is 2.87. The highest BCUT2D eigenvalue weighted by Gasteiger charge is 2.65. The predicted octanol–water partition coefficient (Wildman–Crippen LogP) is 3.11. The van der Waals surface area contributed by atoms with Gasteiger partial charge in [-0.1, -0.05) is 20.8 Å². The average molecular weight is 407 g/mol. The number of rotatable bonds is 5. The van der Waals surface area contributed by atoms with Crippen molar-refractivity contribution in [2.75, 3.05) is 0 Å². The molecular weight excluding hydrogens is 368 g/mol. The summed E-state index contributed by atoms with van der Waals surface area (Å²) in [5, 5.41) is 21.8. The molecule has 0 aromatic carbocycles. The second kappa shape index (κ2) is 6.65. The Hall–Kier alpha value is -0.200. The van der Waals surface area contributed by atoms with Gasteiger partial charge in [-0.15, -0.1) is 0 Å². The summed E-state index contributed by atoms with van der Waals surface area (Å²) in [6.07, 6.45) is 8.61. The Balaban J connectivity index is 1.28. The van der Waals surface area contributed by atoms with Gasteiger partial charge in [-0.05, 0) is 80.5 Å². The van der Waals surface area contributed by atoms with Crippen LogP contribution in [0.2, 0.25) is 0 Å². The van der Waals surface area contributed by atoms with Gasteiger partial charge < -0.3 is 24.4 Å². The Bertz CT molecular complexity index is 653.